The van der Waals surface area contributed by atoms with Crippen molar-refractivity contribution in [3.05, 3.63) is 35.9 Å². The van der Waals surface area contributed by atoms with Crippen molar-refractivity contribution in [3.8, 4) is 0 Å². The van der Waals surface area contributed by atoms with Crippen molar-refractivity contribution in [3.63, 3.8) is 0 Å². The van der Waals surface area contributed by atoms with E-state index >= 15 is 0 Å². The van der Waals surface area contributed by atoms with Crippen molar-refractivity contribution in [2.24, 2.45) is 0 Å². The molecule has 1 saturated heterocycles. The standard InChI is InChI=1S/C17H24N2O3S/c1-2-3-4-12-18-17(20)11-8-15-6-9-16(10-7-15)19-13-5-14-23(19,21)22/h6-11H,2-5,12-14H2,1H3,(H,18,20)/b11-8+. The average molecular weight is 336 g/mol. The van der Waals surface area contributed by atoms with Crippen LogP contribution in [0.1, 0.15) is 38.2 Å². The van der Waals surface area contributed by atoms with Crippen LogP contribution in [0, 0.1) is 0 Å². The Morgan fingerprint density at radius 3 is 2.61 bits per heavy atom. The predicted octanol–water partition coefficient (Wildman–Crippen LogP) is 2.55. The van der Waals surface area contributed by atoms with Gasteiger partial charge in [0.2, 0.25) is 15.9 Å². The number of sulfonamides is 1. The summed E-state index contributed by atoms with van der Waals surface area (Å²) in [6.07, 6.45) is 7.15. The van der Waals surface area contributed by atoms with Gasteiger partial charge in [-0.15, -0.1) is 0 Å². The molecule has 0 radical (unpaired) electrons. The molecule has 2 rings (SSSR count). The number of nitrogens with zero attached hydrogens (tertiary/aromatic N) is 1. The Bertz CT molecular complexity index is 651. The zero-order valence-corrected chi connectivity index (χ0v) is 14.3. The summed E-state index contributed by atoms with van der Waals surface area (Å²) in [7, 11) is -3.14. The number of rotatable bonds is 7. The number of carbonyl (C=O) groups is 1. The van der Waals surface area contributed by atoms with Crippen LogP contribution in [-0.4, -0.2) is 33.2 Å². The Labute approximate surface area is 138 Å². The van der Waals surface area contributed by atoms with Crippen molar-refractivity contribution in [2.45, 2.75) is 32.6 Å². The summed E-state index contributed by atoms with van der Waals surface area (Å²) in [4.78, 5) is 11.7. The van der Waals surface area contributed by atoms with E-state index in [0.29, 0.717) is 25.2 Å². The first kappa shape index (κ1) is 17.5. The van der Waals surface area contributed by atoms with E-state index in [0.717, 1.165) is 24.8 Å². The fourth-order valence-corrected chi connectivity index (χ4v) is 4.06. The summed E-state index contributed by atoms with van der Waals surface area (Å²) in [5, 5.41) is 2.84. The zero-order valence-electron chi connectivity index (χ0n) is 13.5. The van der Waals surface area contributed by atoms with Crippen LogP contribution in [0.3, 0.4) is 0 Å². The molecule has 0 saturated carbocycles. The first-order valence-electron chi connectivity index (χ1n) is 8.09. The number of unbranched alkanes of at least 4 members (excludes halogenated alkanes) is 2. The maximum atomic E-state index is 11.9. The van der Waals surface area contributed by atoms with Crippen LogP contribution in [0.15, 0.2) is 30.3 Å². The number of amides is 1. The first-order valence-corrected chi connectivity index (χ1v) is 9.70. The molecule has 1 aromatic carbocycles. The highest BCUT2D eigenvalue weighted by Crippen LogP contribution is 2.24. The Balaban J connectivity index is 1.90. The normalized spacial score (nSPS) is 16.8. The third-order valence-electron chi connectivity index (χ3n) is 3.79. The van der Waals surface area contributed by atoms with Gasteiger partial charge in [0, 0.05) is 19.2 Å². The minimum Gasteiger partial charge on any atom is -0.353 e. The van der Waals surface area contributed by atoms with E-state index in [4.69, 9.17) is 0 Å². The molecule has 1 amide bonds. The molecule has 5 nitrogen and oxygen atoms in total. The van der Waals surface area contributed by atoms with E-state index < -0.39 is 10.0 Å². The average Bonchev–Trinajstić information content (AvgIpc) is 2.89. The van der Waals surface area contributed by atoms with E-state index in [1.807, 2.05) is 12.1 Å². The number of hydrogen-bond acceptors (Lipinski definition) is 3. The predicted molar refractivity (Wildman–Crippen MR) is 93.8 cm³/mol. The van der Waals surface area contributed by atoms with Gasteiger partial charge >= 0.3 is 0 Å². The van der Waals surface area contributed by atoms with Crippen LogP contribution >= 0.6 is 0 Å². The largest absolute Gasteiger partial charge is 0.353 e. The third kappa shape index (κ3) is 5.10. The molecule has 6 heteroatoms. The van der Waals surface area contributed by atoms with Gasteiger partial charge in [0.15, 0.2) is 0 Å². The van der Waals surface area contributed by atoms with Crippen LogP contribution in [-0.2, 0) is 14.8 Å². The van der Waals surface area contributed by atoms with Crippen LogP contribution in [0.4, 0.5) is 5.69 Å². The summed E-state index contributed by atoms with van der Waals surface area (Å²) in [5.41, 5.74) is 1.55. The first-order chi connectivity index (χ1) is 11.0. The molecule has 23 heavy (non-hydrogen) atoms. The van der Waals surface area contributed by atoms with E-state index in [1.165, 1.54) is 10.4 Å². The molecule has 126 valence electrons. The number of nitrogens with one attached hydrogen (secondary N) is 1. The zero-order chi connectivity index (χ0) is 16.7. The summed E-state index contributed by atoms with van der Waals surface area (Å²) in [6, 6.07) is 7.21. The Kier molecular flexibility index (Phi) is 6.21. The quantitative estimate of drug-likeness (QED) is 0.615. The molecule has 1 aliphatic rings. The van der Waals surface area contributed by atoms with Crippen molar-refractivity contribution >= 4 is 27.7 Å². The number of hydrogen-bond donors (Lipinski definition) is 1. The van der Waals surface area contributed by atoms with Crippen LogP contribution in [0.25, 0.3) is 6.08 Å². The second kappa shape index (κ2) is 8.15. The van der Waals surface area contributed by atoms with Gasteiger partial charge in [-0.05, 0) is 36.6 Å². The summed E-state index contributed by atoms with van der Waals surface area (Å²) >= 11 is 0. The highest BCUT2D eigenvalue weighted by Gasteiger charge is 2.28. The van der Waals surface area contributed by atoms with Crippen molar-refractivity contribution in [2.75, 3.05) is 23.1 Å². The number of anilines is 1. The maximum Gasteiger partial charge on any atom is 0.243 e. The molecule has 0 atom stereocenters. The highest BCUT2D eigenvalue weighted by molar-refractivity contribution is 7.93. The molecule has 1 heterocycles. The molecular weight excluding hydrogens is 312 g/mol. The lowest BCUT2D eigenvalue weighted by atomic mass is 10.2. The fraction of sp³-hybridized carbons (Fsp3) is 0.471. The molecule has 1 N–H and O–H groups in total. The number of benzene rings is 1. The van der Waals surface area contributed by atoms with Gasteiger partial charge in [-0.2, -0.15) is 0 Å². The summed E-state index contributed by atoms with van der Waals surface area (Å²) in [6.45, 7) is 3.36. The SMILES string of the molecule is CCCCCNC(=O)/C=C/c1ccc(N2CCCS2(=O)=O)cc1. The van der Waals surface area contributed by atoms with Gasteiger partial charge in [0.05, 0.1) is 11.4 Å². The maximum absolute atomic E-state index is 11.9. The fourth-order valence-electron chi connectivity index (χ4n) is 2.50. The van der Waals surface area contributed by atoms with E-state index in [9.17, 15) is 13.2 Å². The smallest absolute Gasteiger partial charge is 0.243 e. The van der Waals surface area contributed by atoms with Crippen LogP contribution in [0.2, 0.25) is 0 Å². The van der Waals surface area contributed by atoms with Gasteiger partial charge < -0.3 is 5.32 Å². The van der Waals surface area contributed by atoms with Crippen molar-refractivity contribution in [1.29, 1.82) is 0 Å². The molecule has 0 unspecified atom stereocenters. The molecule has 0 aromatic heterocycles. The topological polar surface area (TPSA) is 66.5 Å². The molecule has 1 fully saturated rings. The second-order valence-electron chi connectivity index (χ2n) is 5.66. The summed E-state index contributed by atoms with van der Waals surface area (Å²) < 4.78 is 25.2. The molecule has 1 aliphatic heterocycles. The van der Waals surface area contributed by atoms with Gasteiger partial charge in [-0.25, -0.2) is 8.42 Å². The van der Waals surface area contributed by atoms with E-state index in [1.54, 1.807) is 18.2 Å². The van der Waals surface area contributed by atoms with Crippen molar-refractivity contribution < 1.29 is 13.2 Å². The van der Waals surface area contributed by atoms with Gasteiger partial charge in [-0.3, -0.25) is 9.10 Å². The lowest BCUT2D eigenvalue weighted by Gasteiger charge is -2.16. The lowest BCUT2D eigenvalue weighted by Crippen LogP contribution is -2.24. The monoisotopic (exact) mass is 336 g/mol. The lowest BCUT2D eigenvalue weighted by molar-refractivity contribution is -0.116. The Hall–Kier alpha value is -1.82. The molecule has 1 aromatic rings. The second-order valence-corrected chi connectivity index (χ2v) is 7.68. The molecular formula is C17H24N2O3S. The number of carbonyl (C=O) groups excluding carboxylic acids is 1. The Morgan fingerprint density at radius 2 is 2.00 bits per heavy atom. The van der Waals surface area contributed by atoms with Gasteiger partial charge in [-0.1, -0.05) is 31.9 Å². The minimum atomic E-state index is -3.14. The highest BCUT2D eigenvalue weighted by atomic mass is 32.2. The minimum absolute atomic E-state index is 0.104. The van der Waals surface area contributed by atoms with Gasteiger partial charge in [0.1, 0.15) is 0 Å². The summed E-state index contributed by atoms with van der Waals surface area (Å²) in [5.74, 6) is 0.111. The molecule has 0 bridgehead atoms. The van der Waals surface area contributed by atoms with Crippen LogP contribution < -0.4 is 9.62 Å². The third-order valence-corrected chi connectivity index (χ3v) is 5.66. The van der Waals surface area contributed by atoms with Crippen molar-refractivity contribution in [1.82, 2.24) is 5.32 Å². The Morgan fingerprint density at radius 1 is 1.26 bits per heavy atom. The van der Waals surface area contributed by atoms with Crippen LogP contribution in [0.5, 0.6) is 0 Å². The van der Waals surface area contributed by atoms with E-state index in [-0.39, 0.29) is 11.7 Å². The molecule has 0 spiro atoms. The van der Waals surface area contributed by atoms with E-state index in [2.05, 4.69) is 12.2 Å². The molecule has 0 aliphatic carbocycles. The van der Waals surface area contributed by atoms with Gasteiger partial charge in [0.25, 0.3) is 0 Å².